The molecule has 2 aromatic carbocycles. The van der Waals surface area contributed by atoms with E-state index >= 15 is 0 Å². The molecule has 0 aliphatic rings. The lowest BCUT2D eigenvalue weighted by Crippen LogP contribution is -2.13. The van der Waals surface area contributed by atoms with Crippen LogP contribution in [0.5, 0.6) is 0 Å². The van der Waals surface area contributed by atoms with Gasteiger partial charge in [-0.25, -0.2) is 4.79 Å². The molecule has 0 spiro atoms. The van der Waals surface area contributed by atoms with E-state index in [0.717, 1.165) is 5.56 Å². The van der Waals surface area contributed by atoms with E-state index in [1.165, 1.54) is 0 Å². The molecule has 7 heteroatoms. The topological polar surface area (TPSA) is 50.7 Å². The first-order valence-corrected chi connectivity index (χ1v) is 7.35. The van der Waals surface area contributed by atoms with Gasteiger partial charge in [0.05, 0.1) is 15.7 Å². The highest BCUT2D eigenvalue weighted by Gasteiger charge is 2.11. The molecule has 0 amide bonds. The fourth-order valence-corrected chi connectivity index (χ4v) is 2.12. The molecule has 0 unspecified atom stereocenters. The molecule has 2 aromatic rings. The molecule has 0 aliphatic carbocycles. The monoisotopic (exact) mass is 356 g/mol. The molecule has 114 valence electrons. The summed E-state index contributed by atoms with van der Waals surface area (Å²) >= 11 is 17.7. The molecule has 0 aromatic heterocycles. The van der Waals surface area contributed by atoms with Crippen LogP contribution >= 0.6 is 34.8 Å². The normalized spacial score (nSPS) is 11.1. The lowest BCUT2D eigenvalue weighted by Gasteiger charge is -2.06. The Morgan fingerprint density at radius 2 is 1.68 bits per heavy atom. The Kier molecular flexibility index (Phi) is 6.07. The Hall–Kier alpha value is -1.75. The van der Waals surface area contributed by atoms with Crippen LogP contribution in [0, 0.1) is 0 Å². The van der Waals surface area contributed by atoms with Gasteiger partial charge in [-0.2, -0.15) is 5.10 Å². The summed E-state index contributed by atoms with van der Waals surface area (Å²) in [5, 5.41) is 4.08. The van der Waals surface area contributed by atoms with Crippen LogP contribution in [0.3, 0.4) is 0 Å². The van der Waals surface area contributed by atoms with Gasteiger partial charge in [0, 0.05) is 0 Å². The minimum absolute atomic E-state index is 0.109. The van der Waals surface area contributed by atoms with E-state index in [9.17, 15) is 4.79 Å². The molecular weight excluding hydrogens is 347 g/mol. The molecule has 4 nitrogen and oxygen atoms in total. The molecular formula is C15H11Cl3N2O2. The predicted molar refractivity (Wildman–Crippen MR) is 89.6 cm³/mol. The maximum atomic E-state index is 11.7. The standard InChI is InChI=1S/C15H11Cl3N2O2/c16-11-7-4-8-12(17)13(11)19-20-14(18)15(21)22-9-10-5-2-1-3-6-10/h1-8,19H,9H2. The van der Waals surface area contributed by atoms with Crippen molar-refractivity contribution in [3.63, 3.8) is 0 Å². The Bertz CT molecular complexity index is 670. The van der Waals surface area contributed by atoms with Gasteiger partial charge in [0.1, 0.15) is 6.61 Å². The van der Waals surface area contributed by atoms with Crippen molar-refractivity contribution >= 4 is 51.6 Å². The van der Waals surface area contributed by atoms with Crippen LogP contribution in [-0.4, -0.2) is 11.1 Å². The van der Waals surface area contributed by atoms with Gasteiger partial charge in [-0.3, -0.25) is 5.43 Å². The fourth-order valence-electron chi connectivity index (χ4n) is 1.54. The Morgan fingerprint density at radius 3 is 2.32 bits per heavy atom. The molecule has 22 heavy (non-hydrogen) atoms. The SMILES string of the molecule is O=C(OCc1ccccc1)C(Cl)=NNc1c(Cl)cccc1Cl. The van der Waals surface area contributed by atoms with Crippen LogP contribution < -0.4 is 5.43 Å². The van der Waals surface area contributed by atoms with Crippen LogP contribution in [0.1, 0.15) is 5.56 Å². The fraction of sp³-hybridized carbons (Fsp3) is 0.0667. The van der Waals surface area contributed by atoms with Crippen LogP contribution in [0.4, 0.5) is 5.69 Å². The number of benzene rings is 2. The van der Waals surface area contributed by atoms with Gasteiger partial charge in [0.15, 0.2) is 0 Å². The molecule has 0 aliphatic heterocycles. The van der Waals surface area contributed by atoms with E-state index < -0.39 is 5.97 Å². The van der Waals surface area contributed by atoms with Gasteiger partial charge in [-0.15, -0.1) is 0 Å². The van der Waals surface area contributed by atoms with E-state index in [4.69, 9.17) is 39.5 Å². The van der Waals surface area contributed by atoms with Crippen molar-refractivity contribution in [1.29, 1.82) is 0 Å². The summed E-state index contributed by atoms with van der Waals surface area (Å²) in [5.74, 6) is -0.749. The number of nitrogens with one attached hydrogen (secondary N) is 1. The molecule has 1 N–H and O–H groups in total. The van der Waals surface area contributed by atoms with Crippen LogP contribution in [-0.2, 0) is 16.1 Å². The number of rotatable bonds is 5. The number of halogens is 3. The summed E-state index contributed by atoms with van der Waals surface area (Å²) in [6, 6.07) is 14.2. The van der Waals surface area contributed by atoms with Crippen molar-refractivity contribution in [2.75, 3.05) is 5.43 Å². The summed E-state index contributed by atoms with van der Waals surface area (Å²) in [4.78, 5) is 11.7. The molecule has 0 heterocycles. The smallest absolute Gasteiger partial charge is 0.371 e. The average Bonchev–Trinajstić information content (AvgIpc) is 2.53. The number of nitrogens with zero attached hydrogens (tertiary/aromatic N) is 1. The number of carbonyl (C=O) groups is 1. The van der Waals surface area contributed by atoms with Gasteiger partial charge >= 0.3 is 5.97 Å². The van der Waals surface area contributed by atoms with E-state index in [2.05, 4.69) is 10.5 Å². The number of anilines is 1. The maximum Gasteiger partial charge on any atom is 0.371 e. The number of carbonyl (C=O) groups excluding carboxylic acids is 1. The van der Waals surface area contributed by atoms with E-state index in [1.807, 2.05) is 30.3 Å². The number of hydrogen-bond donors (Lipinski definition) is 1. The second-order valence-corrected chi connectivity index (χ2v) is 5.35. The largest absolute Gasteiger partial charge is 0.455 e. The van der Waals surface area contributed by atoms with E-state index in [1.54, 1.807) is 18.2 Å². The van der Waals surface area contributed by atoms with Crippen molar-refractivity contribution in [1.82, 2.24) is 0 Å². The number of ether oxygens (including phenoxy) is 1. The van der Waals surface area contributed by atoms with Crippen molar-refractivity contribution in [3.05, 3.63) is 64.1 Å². The van der Waals surface area contributed by atoms with Gasteiger partial charge in [-0.05, 0) is 17.7 Å². The highest BCUT2D eigenvalue weighted by atomic mass is 35.5. The molecule has 0 radical (unpaired) electrons. The molecule has 0 bridgehead atoms. The Labute approximate surface area is 142 Å². The summed E-state index contributed by atoms with van der Waals surface area (Å²) in [6.45, 7) is 0.109. The van der Waals surface area contributed by atoms with Crippen molar-refractivity contribution in [3.8, 4) is 0 Å². The van der Waals surface area contributed by atoms with Crippen molar-refractivity contribution < 1.29 is 9.53 Å². The second kappa shape index (κ2) is 8.03. The zero-order valence-corrected chi connectivity index (χ0v) is 13.5. The average molecular weight is 358 g/mol. The minimum Gasteiger partial charge on any atom is -0.455 e. The van der Waals surface area contributed by atoms with Crippen LogP contribution in [0.2, 0.25) is 10.0 Å². The van der Waals surface area contributed by atoms with Gasteiger partial charge in [-0.1, -0.05) is 71.2 Å². The first-order chi connectivity index (χ1) is 10.6. The Balaban J connectivity index is 1.95. The lowest BCUT2D eigenvalue weighted by molar-refractivity contribution is -0.136. The number of hydrazone groups is 1. The third kappa shape index (κ3) is 4.63. The molecule has 0 atom stereocenters. The highest BCUT2D eigenvalue weighted by Crippen LogP contribution is 2.29. The first kappa shape index (κ1) is 16.6. The first-order valence-electron chi connectivity index (χ1n) is 6.22. The second-order valence-electron chi connectivity index (χ2n) is 4.17. The number of esters is 1. The highest BCUT2D eigenvalue weighted by molar-refractivity contribution is 6.82. The van der Waals surface area contributed by atoms with Crippen molar-refractivity contribution in [2.45, 2.75) is 6.61 Å². The summed E-state index contributed by atoms with van der Waals surface area (Å²) in [7, 11) is 0. The zero-order chi connectivity index (χ0) is 15.9. The lowest BCUT2D eigenvalue weighted by atomic mass is 10.2. The van der Waals surface area contributed by atoms with Gasteiger partial charge in [0.2, 0.25) is 5.17 Å². The van der Waals surface area contributed by atoms with Crippen LogP contribution in [0.15, 0.2) is 53.6 Å². The number of hydrogen-bond acceptors (Lipinski definition) is 4. The predicted octanol–water partition coefficient (Wildman–Crippen LogP) is 4.70. The maximum absolute atomic E-state index is 11.7. The molecule has 0 fully saturated rings. The van der Waals surface area contributed by atoms with Gasteiger partial charge < -0.3 is 4.74 Å². The molecule has 0 saturated carbocycles. The third-order valence-corrected chi connectivity index (χ3v) is 3.48. The summed E-state index contributed by atoms with van der Waals surface area (Å²) < 4.78 is 5.03. The quantitative estimate of drug-likeness (QED) is 0.479. The Morgan fingerprint density at radius 1 is 1.05 bits per heavy atom. The summed E-state index contributed by atoms with van der Waals surface area (Å²) in [5.41, 5.74) is 3.76. The van der Waals surface area contributed by atoms with Crippen molar-refractivity contribution in [2.24, 2.45) is 5.10 Å². The minimum atomic E-state index is -0.749. The molecule has 0 saturated heterocycles. The van der Waals surface area contributed by atoms with E-state index in [0.29, 0.717) is 15.7 Å². The van der Waals surface area contributed by atoms with E-state index in [-0.39, 0.29) is 11.8 Å². The van der Waals surface area contributed by atoms with Gasteiger partial charge in [0.25, 0.3) is 0 Å². The zero-order valence-electron chi connectivity index (χ0n) is 11.2. The third-order valence-electron chi connectivity index (χ3n) is 2.61. The number of para-hydroxylation sites is 1. The van der Waals surface area contributed by atoms with Crippen LogP contribution in [0.25, 0.3) is 0 Å². The summed E-state index contributed by atoms with van der Waals surface area (Å²) in [6.07, 6.45) is 0. The molecule has 2 rings (SSSR count).